The summed E-state index contributed by atoms with van der Waals surface area (Å²) in [5, 5.41) is 8.40. The van der Waals surface area contributed by atoms with Crippen LogP contribution in [0, 0.1) is 5.82 Å². The van der Waals surface area contributed by atoms with Gasteiger partial charge in [0.25, 0.3) is 5.95 Å². The van der Waals surface area contributed by atoms with Crippen LogP contribution in [-0.2, 0) is 19.4 Å². The molecule has 2 aromatic heterocycles. The average molecular weight is 402 g/mol. The van der Waals surface area contributed by atoms with Gasteiger partial charge in [-0.3, -0.25) is 4.79 Å². The van der Waals surface area contributed by atoms with E-state index in [9.17, 15) is 9.18 Å². The predicted octanol–water partition coefficient (Wildman–Crippen LogP) is 3.15. The third-order valence-electron chi connectivity index (χ3n) is 5.34. The fourth-order valence-corrected chi connectivity index (χ4v) is 3.92. The Labute approximate surface area is 171 Å². The van der Waals surface area contributed by atoms with E-state index < -0.39 is 5.91 Å². The lowest BCUT2D eigenvalue weighted by Gasteiger charge is -2.13. The van der Waals surface area contributed by atoms with Crippen molar-refractivity contribution >= 4 is 22.6 Å². The lowest BCUT2D eigenvalue weighted by atomic mass is 10.1. The normalized spacial score (nSPS) is 12.8. The number of carbonyl (C=O) groups excluding carboxylic acids is 1. The minimum atomic E-state index is -0.507. The minimum absolute atomic E-state index is 0.267. The summed E-state index contributed by atoms with van der Waals surface area (Å²) in [4.78, 5) is 21.2. The second-order valence-electron chi connectivity index (χ2n) is 7.29. The van der Waals surface area contributed by atoms with Gasteiger partial charge in [0.05, 0.1) is 23.0 Å². The molecule has 0 bridgehead atoms. The fraction of sp³-hybridized carbons (Fsp3) is 0.182. The molecule has 1 amide bonds. The zero-order valence-corrected chi connectivity index (χ0v) is 16.1. The maximum absolute atomic E-state index is 13.5. The summed E-state index contributed by atoms with van der Waals surface area (Å²) in [6.07, 6.45) is 4.37. The molecule has 1 aliphatic rings. The molecule has 8 heteroatoms. The average Bonchev–Trinajstić information content (AvgIpc) is 3.38. The molecule has 4 aromatic rings. The quantitative estimate of drug-likeness (QED) is 0.534. The van der Waals surface area contributed by atoms with Gasteiger partial charge in [-0.05, 0) is 49.1 Å². The first-order chi connectivity index (χ1) is 14.6. The number of amides is 1. The van der Waals surface area contributed by atoms with E-state index in [1.54, 1.807) is 29.1 Å². The van der Waals surface area contributed by atoms with Crippen molar-refractivity contribution in [3.8, 4) is 5.95 Å². The lowest BCUT2D eigenvalue weighted by molar-refractivity contribution is 0.100. The number of hydrogen-bond acceptors (Lipinski definition) is 5. The van der Waals surface area contributed by atoms with Gasteiger partial charge in [-0.15, -0.1) is 0 Å². The maximum atomic E-state index is 13.5. The molecule has 0 fully saturated rings. The molecule has 0 atom stereocenters. The molecule has 30 heavy (non-hydrogen) atoms. The first-order valence-corrected chi connectivity index (χ1v) is 9.75. The molecule has 5 rings (SSSR count). The molecular weight excluding hydrogens is 383 g/mol. The number of primary amides is 1. The summed E-state index contributed by atoms with van der Waals surface area (Å²) in [7, 11) is 0. The van der Waals surface area contributed by atoms with Crippen LogP contribution in [0.2, 0.25) is 0 Å². The van der Waals surface area contributed by atoms with Crippen LogP contribution in [0.25, 0.3) is 16.9 Å². The SMILES string of the molecule is NC(=O)c1cccc2c1cnn2-c1nc2c(c(NCc3cccc(F)c3)n1)CCC2. The fourth-order valence-electron chi connectivity index (χ4n) is 3.92. The Morgan fingerprint density at radius 3 is 2.87 bits per heavy atom. The van der Waals surface area contributed by atoms with Gasteiger partial charge in [0.1, 0.15) is 11.6 Å². The Bertz CT molecular complexity index is 1280. The van der Waals surface area contributed by atoms with E-state index in [4.69, 9.17) is 15.7 Å². The molecular formula is C22H19FN6O. The third-order valence-corrected chi connectivity index (χ3v) is 5.34. The van der Waals surface area contributed by atoms with E-state index in [1.807, 2.05) is 12.1 Å². The molecule has 0 saturated carbocycles. The molecule has 0 unspecified atom stereocenters. The summed E-state index contributed by atoms with van der Waals surface area (Å²) in [5.41, 5.74) is 9.50. The van der Waals surface area contributed by atoms with Crippen molar-refractivity contribution < 1.29 is 9.18 Å². The Morgan fingerprint density at radius 1 is 1.17 bits per heavy atom. The molecule has 0 saturated heterocycles. The number of nitrogens with zero attached hydrogens (tertiary/aromatic N) is 4. The number of anilines is 1. The van der Waals surface area contributed by atoms with E-state index in [-0.39, 0.29) is 5.82 Å². The first-order valence-electron chi connectivity index (χ1n) is 9.75. The van der Waals surface area contributed by atoms with Crippen LogP contribution in [-0.4, -0.2) is 25.7 Å². The second-order valence-corrected chi connectivity index (χ2v) is 7.29. The number of halogens is 1. The van der Waals surface area contributed by atoms with Gasteiger partial charge < -0.3 is 11.1 Å². The summed E-state index contributed by atoms with van der Waals surface area (Å²) >= 11 is 0. The summed E-state index contributed by atoms with van der Waals surface area (Å²) in [5.74, 6) is 0.379. The number of nitrogens with one attached hydrogen (secondary N) is 1. The predicted molar refractivity (Wildman–Crippen MR) is 111 cm³/mol. The van der Waals surface area contributed by atoms with Gasteiger partial charge in [0.15, 0.2) is 0 Å². The molecule has 0 radical (unpaired) electrons. The summed E-state index contributed by atoms with van der Waals surface area (Å²) in [6.45, 7) is 0.451. The van der Waals surface area contributed by atoms with E-state index in [2.05, 4.69) is 10.4 Å². The van der Waals surface area contributed by atoms with Crippen molar-refractivity contribution in [3.05, 3.63) is 76.9 Å². The van der Waals surface area contributed by atoms with Crippen molar-refractivity contribution in [2.45, 2.75) is 25.8 Å². The molecule has 2 aromatic carbocycles. The molecule has 3 N–H and O–H groups in total. The monoisotopic (exact) mass is 402 g/mol. The Kier molecular flexibility index (Phi) is 4.39. The maximum Gasteiger partial charge on any atom is 0.253 e. The summed E-state index contributed by atoms with van der Waals surface area (Å²) < 4.78 is 15.1. The van der Waals surface area contributed by atoms with E-state index >= 15 is 0 Å². The van der Waals surface area contributed by atoms with Crippen LogP contribution in [0.3, 0.4) is 0 Å². The molecule has 1 aliphatic carbocycles. The van der Waals surface area contributed by atoms with Gasteiger partial charge in [0, 0.05) is 17.5 Å². The number of fused-ring (bicyclic) bond motifs is 2. The number of carbonyl (C=O) groups is 1. The highest BCUT2D eigenvalue weighted by molar-refractivity contribution is 6.05. The van der Waals surface area contributed by atoms with Crippen LogP contribution >= 0.6 is 0 Å². The minimum Gasteiger partial charge on any atom is -0.366 e. The number of nitrogens with two attached hydrogens (primary N) is 1. The Hall–Kier alpha value is -3.81. The second kappa shape index (κ2) is 7.22. The highest BCUT2D eigenvalue weighted by atomic mass is 19.1. The van der Waals surface area contributed by atoms with Crippen molar-refractivity contribution in [3.63, 3.8) is 0 Å². The Morgan fingerprint density at radius 2 is 2.03 bits per heavy atom. The van der Waals surface area contributed by atoms with Crippen LogP contribution in [0.4, 0.5) is 10.2 Å². The number of hydrogen-bond donors (Lipinski definition) is 2. The zero-order valence-electron chi connectivity index (χ0n) is 16.1. The van der Waals surface area contributed by atoms with Crippen LogP contribution in [0.5, 0.6) is 0 Å². The number of benzene rings is 2. The molecule has 150 valence electrons. The Balaban J connectivity index is 1.56. The first kappa shape index (κ1) is 18.2. The standard InChI is InChI=1S/C22H19FN6O/c23-14-5-1-4-13(10-14)11-25-21-16-7-2-8-18(16)27-22(28-21)29-19-9-3-6-15(20(24)30)17(19)12-26-29/h1,3-6,9-10,12H,2,7-8,11H2,(H2,24,30)(H,25,27,28). The highest BCUT2D eigenvalue weighted by Gasteiger charge is 2.21. The van der Waals surface area contributed by atoms with Crippen molar-refractivity contribution in [1.29, 1.82) is 0 Å². The lowest BCUT2D eigenvalue weighted by Crippen LogP contribution is -2.12. The third kappa shape index (κ3) is 3.16. The summed E-state index contributed by atoms with van der Waals surface area (Å²) in [6, 6.07) is 11.8. The van der Waals surface area contributed by atoms with E-state index in [1.165, 1.54) is 12.1 Å². The topological polar surface area (TPSA) is 98.7 Å². The van der Waals surface area contributed by atoms with Crippen molar-refractivity contribution in [2.75, 3.05) is 5.32 Å². The molecule has 2 heterocycles. The van der Waals surface area contributed by atoms with Crippen LogP contribution in [0.1, 0.15) is 33.6 Å². The largest absolute Gasteiger partial charge is 0.366 e. The number of aromatic nitrogens is 4. The molecule has 0 spiro atoms. The van der Waals surface area contributed by atoms with E-state index in [0.717, 1.165) is 41.9 Å². The van der Waals surface area contributed by atoms with Gasteiger partial charge in [-0.25, -0.2) is 9.37 Å². The van der Waals surface area contributed by atoms with Crippen molar-refractivity contribution in [2.24, 2.45) is 5.73 Å². The van der Waals surface area contributed by atoms with Gasteiger partial charge in [-0.2, -0.15) is 14.8 Å². The van der Waals surface area contributed by atoms with E-state index in [0.29, 0.717) is 29.0 Å². The number of aryl methyl sites for hydroxylation is 1. The van der Waals surface area contributed by atoms with Crippen LogP contribution in [0.15, 0.2) is 48.7 Å². The van der Waals surface area contributed by atoms with Crippen LogP contribution < -0.4 is 11.1 Å². The number of rotatable bonds is 5. The smallest absolute Gasteiger partial charge is 0.253 e. The zero-order chi connectivity index (χ0) is 20.7. The molecule has 0 aliphatic heterocycles. The highest BCUT2D eigenvalue weighted by Crippen LogP contribution is 2.29. The van der Waals surface area contributed by atoms with Gasteiger partial charge in [0.2, 0.25) is 5.91 Å². The molecule has 7 nitrogen and oxygen atoms in total. The van der Waals surface area contributed by atoms with Gasteiger partial charge in [-0.1, -0.05) is 18.2 Å². The van der Waals surface area contributed by atoms with Crippen molar-refractivity contribution in [1.82, 2.24) is 19.7 Å². The van der Waals surface area contributed by atoms with Gasteiger partial charge >= 0.3 is 0 Å².